The summed E-state index contributed by atoms with van der Waals surface area (Å²) >= 11 is 0. The van der Waals surface area contributed by atoms with Crippen molar-refractivity contribution < 1.29 is 19.0 Å². The van der Waals surface area contributed by atoms with E-state index >= 15 is 0 Å². The van der Waals surface area contributed by atoms with Gasteiger partial charge in [0.2, 0.25) is 0 Å². The highest BCUT2D eigenvalue weighted by Gasteiger charge is 2.12. The van der Waals surface area contributed by atoms with Gasteiger partial charge in [0.25, 0.3) is 0 Å². The Morgan fingerprint density at radius 3 is 2.90 bits per heavy atom. The SMILES string of the molecule is OC(COCc1ccco1)COc1ccc2c(c1)CCC2. The lowest BCUT2D eigenvalue weighted by atomic mass is 10.1. The Hall–Kier alpha value is -1.78. The molecule has 1 atom stereocenters. The summed E-state index contributed by atoms with van der Waals surface area (Å²) in [6.07, 6.45) is 4.47. The van der Waals surface area contributed by atoms with Gasteiger partial charge in [0.15, 0.2) is 0 Å². The summed E-state index contributed by atoms with van der Waals surface area (Å²) in [5.74, 6) is 1.57. The first-order valence-electron chi connectivity index (χ1n) is 7.34. The molecule has 0 fully saturated rings. The maximum atomic E-state index is 9.85. The van der Waals surface area contributed by atoms with Crippen LogP contribution in [0, 0.1) is 0 Å². The normalized spacial score (nSPS) is 14.9. The third-order valence-corrected chi connectivity index (χ3v) is 3.65. The molecule has 4 heteroatoms. The van der Waals surface area contributed by atoms with Crippen molar-refractivity contribution in [2.24, 2.45) is 0 Å². The smallest absolute Gasteiger partial charge is 0.129 e. The van der Waals surface area contributed by atoms with Crippen molar-refractivity contribution >= 4 is 0 Å². The number of ether oxygens (including phenoxy) is 2. The van der Waals surface area contributed by atoms with Crippen LogP contribution >= 0.6 is 0 Å². The Balaban J connectivity index is 1.40. The van der Waals surface area contributed by atoms with Crippen LogP contribution in [0.15, 0.2) is 41.0 Å². The Bertz CT molecular complexity index is 562. The lowest BCUT2D eigenvalue weighted by Crippen LogP contribution is -2.23. The molecule has 4 nitrogen and oxygen atoms in total. The molecule has 0 amide bonds. The fourth-order valence-electron chi connectivity index (χ4n) is 2.57. The molecule has 0 saturated carbocycles. The van der Waals surface area contributed by atoms with E-state index in [1.165, 1.54) is 24.0 Å². The molecule has 0 aliphatic heterocycles. The van der Waals surface area contributed by atoms with Gasteiger partial charge in [0.1, 0.15) is 30.8 Å². The molecular formula is C17H20O4. The van der Waals surface area contributed by atoms with E-state index in [0.29, 0.717) is 6.61 Å². The van der Waals surface area contributed by atoms with Crippen LogP contribution in [0.5, 0.6) is 5.75 Å². The van der Waals surface area contributed by atoms with Gasteiger partial charge in [-0.2, -0.15) is 0 Å². The number of benzene rings is 1. The predicted molar refractivity (Wildman–Crippen MR) is 78.3 cm³/mol. The number of aryl methyl sites for hydroxylation is 2. The zero-order chi connectivity index (χ0) is 14.5. The average Bonchev–Trinajstić information content (AvgIpc) is 3.15. The summed E-state index contributed by atoms with van der Waals surface area (Å²) in [6, 6.07) is 9.83. The molecule has 0 bridgehead atoms. The molecule has 112 valence electrons. The minimum absolute atomic E-state index is 0.228. The number of rotatable bonds is 7. The summed E-state index contributed by atoms with van der Waals surface area (Å²) in [4.78, 5) is 0. The Kier molecular flexibility index (Phi) is 4.58. The fraction of sp³-hybridized carbons (Fsp3) is 0.412. The van der Waals surface area contributed by atoms with Gasteiger partial charge >= 0.3 is 0 Å². The van der Waals surface area contributed by atoms with E-state index in [1.54, 1.807) is 6.26 Å². The third kappa shape index (κ3) is 3.86. The summed E-state index contributed by atoms with van der Waals surface area (Å²) < 4.78 is 16.2. The van der Waals surface area contributed by atoms with Gasteiger partial charge in [0.05, 0.1) is 12.9 Å². The second kappa shape index (κ2) is 6.78. The zero-order valence-corrected chi connectivity index (χ0v) is 12.0. The van der Waals surface area contributed by atoms with Gasteiger partial charge in [-0.05, 0) is 54.7 Å². The Morgan fingerprint density at radius 2 is 2.05 bits per heavy atom. The number of furan rings is 1. The quantitative estimate of drug-likeness (QED) is 0.851. The van der Waals surface area contributed by atoms with Crippen LogP contribution in [0.1, 0.15) is 23.3 Å². The first kappa shape index (κ1) is 14.2. The molecule has 1 aliphatic carbocycles. The van der Waals surface area contributed by atoms with Crippen molar-refractivity contribution in [2.75, 3.05) is 13.2 Å². The predicted octanol–water partition coefficient (Wildman–Crippen LogP) is 2.72. The molecule has 1 N–H and O–H groups in total. The highest BCUT2D eigenvalue weighted by molar-refractivity contribution is 5.38. The summed E-state index contributed by atoms with van der Waals surface area (Å²) in [5, 5.41) is 9.85. The van der Waals surface area contributed by atoms with Gasteiger partial charge in [-0.3, -0.25) is 0 Å². The van der Waals surface area contributed by atoms with E-state index in [1.807, 2.05) is 18.2 Å². The van der Waals surface area contributed by atoms with Crippen LogP contribution in [0.25, 0.3) is 0 Å². The van der Waals surface area contributed by atoms with Crippen LogP contribution in [0.4, 0.5) is 0 Å². The Morgan fingerprint density at radius 1 is 1.14 bits per heavy atom. The standard InChI is InChI=1S/C17H20O4/c18-15(10-19-12-17-5-2-8-20-17)11-21-16-7-6-13-3-1-4-14(13)9-16/h2,5-9,15,18H,1,3-4,10-12H2. The lowest BCUT2D eigenvalue weighted by molar-refractivity contribution is 0.000868. The number of hydrogen-bond acceptors (Lipinski definition) is 4. The van der Waals surface area contributed by atoms with Gasteiger partial charge in [-0.25, -0.2) is 0 Å². The van der Waals surface area contributed by atoms with E-state index in [9.17, 15) is 5.11 Å². The molecule has 0 spiro atoms. The molecule has 1 unspecified atom stereocenters. The van der Waals surface area contributed by atoms with E-state index in [2.05, 4.69) is 12.1 Å². The van der Waals surface area contributed by atoms with Crippen molar-refractivity contribution in [1.29, 1.82) is 0 Å². The monoisotopic (exact) mass is 288 g/mol. The minimum atomic E-state index is -0.645. The number of aliphatic hydroxyl groups excluding tert-OH is 1. The van der Waals surface area contributed by atoms with Gasteiger partial charge < -0.3 is 19.0 Å². The summed E-state index contributed by atoms with van der Waals surface area (Å²) in [7, 11) is 0. The van der Waals surface area contributed by atoms with E-state index in [4.69, 9.17) is 13.9 Å². The van der Waals surface area contributed by atoms with Crippen molar-refractivity contribution in [3.05, 3.63) is 53.5 Å². The minimum Gasteiger partial charge on any atom is -0.491 e. The van der Waals surface area contributed by atoms with Gasteiger partial charge in [-0.1, -0.05) is 6.07 Å². The van der Waals surface area contributed by atoms with Crippen molar-refractivity contribution in [1.82, 2.24) is 0 Å². The Labute approximate surface area is 124 Å². The highest BCUT2D eigenvalue weighted by atomic mass is 16.5. The maximum absolute atomic E-state index is 9.85. The van der Waals surface area contributed by atoms with Crippen molar-refractivity contribution in [2.45, 2.75) is 32.0 Å². The summed E-state index contributed by atoms with van der Waals surface area (Å²) in [5.41, 5.74) is 2.79. The van der Waals surface area contributed by atoms with E-state index in [-0.39, 0.29) is 13.2 Å². The molecule has 1 aromatic heterocycles. The van der Waals surface area contributed by atoms with E-state index < -0.39 is 6.10 Å². The topological polar surface area (TPSA) is 51.8 Å². The molecule has 2 aromatic rings. The van der Waals surface area contributed by atoms with Crippen LogP contribution in [0.3, 0.4) is 0 Å². The van der Waals surface area contributed by atoms with Gasteiger partial charge in [0, 0.05) is 0 Å². The number of aliphatic hydroxyl groups is 1. The second-order valence-electron chi connectivity index (χ2n) is 5.34. The number of hydrogen-bond donors (Lipinski definition) is 1. The maximum Gasteiger partial charge on any atom is 0.129 e. The lowest BCUT2D eigenvalue weighted by Gasteiger charge is -2.13. The van der Waals surface area contributed by atoms with Crippen LogP contribution in [0.2, 0.25) is 0 Å². The highest BCUT2D eigenvalue weighted by Crippen LogP contribution is 2.26. The molecular weight excluding hydrogens is 268 g/mol. The summed E-state index contributed by atoms with van der Waals surface area (Å²) in [6.45, 7) is 0.825. The molecule has 1 aliphatic rings. The zero-order valence-electron chi connectivity index (χ0n) is 12.0. The average molecular weight is 288 g/mol. The molecule has 1 heterocycles. The van der Waals surface area contributed by atoms with Crippen LogP contribution in [-0.2, 0) is 24.2 Å². The molecule has 0 saturated heterocycles. The molecule has 1 aromatic carbocycles. The van der Waals surface area contributed by atoms with Crippen molar-refractivity contribution in [3.8, 4) is 5.75 Å². The van der Waals surface area contributed by atoms with Crippen molar-refractivity contribution in [3.63, 3.8) is 0 Å². The molecule has 3 rings (SSSR count). The van der Waals surface area contributed by atoms with Gasteiger partial charge in [-0.15, -0.1) is 0 Å². The second-order valence-corrected chi connectivity index (χ2v) is 5.34. The largest absolute Gasteiger partial charge is 0.491 e. The van der Waals surface area contributed by atoms with Crippen LogP contribution < -0.4 is 4.74 Å². The first-order valence-corrected chi connectivity index (χ1v) is 7.34. The third-order valence-electron chi connectivity index (χ3n) is 3.65. The molecule has 21 heavy (non-hydrogen) atoms. The molecule has 0 radical (unpaired) electrons. The van der Waals surface area contributed by atoms with Crippen LogP contribution in [-0.4, -0.2) is 24.4 Å². The number of fused-ring (bicyclic) bond motifs is 1. The first-order chi connectivity index (χ1) is 10.3. The van der Waals surface area contributed by atoms with E-state index in [0.717, 1.165) is 17.9 Å². The fourth-order valence-corrected chi connectivity index (χ4v) is 2.57.